The molecule has 1 aliphatic carbocycles. The number of carbonyl (C=O) groups is 1. The molecule has 2 rings (SSSR count). The Morgan fingerprint density at radius 3 is 2.77 bits per heavy atom. The summed E-state index contributed by atoms with van der Waals surface area (Å²) < 4.78 is 5.65. The van der Waals surface area contributed by atoms with E-state index in [2.05, 4.69) is 22.4 Å². The smallest absolute Gasteiger partial charge is 0.247 e. The van der Waals surface area contributed by atoms with Gasteiger partial charge in [0.15, 0.2) is 0 Å². The maximum absolute atomic E-state index is 12.6. The second-order valence-corrected chi connectivity index (χ2v) is 7.46. The van der Waals surface area contributed by atoms with Gasteiger partial charge in [-0.15, -0.1) is 10.2 Å². The molecular weight excluding hydrogens is 300 g/mol. The topological polar surface area (TPSA) is 90.1 Å². The average Bonchev–Trinajstić information content (AvgIpc) is 2.92. The zero-order chi connectivity index (χ0) is 16.4. The number of amides is 1. The Morgan fingerprint density at radius 1 is 1.45 bits per heavy atom. The van der Waals surface area contributed by atoms with Gasteiger partial charge in [-0.05, 0) is 13.3 Å². The van der Waals surface area contributed by atoms with Crippen molar-refractivity contribution in [3.8, 4) is 0 Å². The quantitative estimate of drug-likeness (QED) is 0.802. The van der Waals surface area contributed by atoms with E-state index in [1.54, 1.807) is 0 Å². The van der Waals surface area contributed by atoms with Crippen molar-refractivity contribution in [1.29, 1.82) is 0 Å². The minimum Gasteiger partial charge on any atom is -0.378 e. The van der Waals surface area contributed by atoms with Gasteiger partial charge in [-0.25, -0.2) is 0 Å². The first-order valence-corrected chi connectivity index (χ1v) is 8.71. The highest BCUT2D eigenvalue weighted by Crippen LogP contribution is 2.50. The van der Waals surface area contributed by atoms with Crippen LogP contribution in [0.15, 0.2) is 0 Å². The van der Waals surface area contributed by atoms with Crippen molar-refractivity contribution in [3.05, 3.63) is 5.01 Å². The number of anilines is 1. The number of nitrogens with one attached hydrogen (secondary N) is 1. The summed E-state index contributed by atoms with van der Waals surface area (Å²) in [4.78, 5) is 12.6. The molecule has 0 bridgehead atoms. The number of unbranched alkanes of at least 4 members (excludes halogenated alkanes) is 1. The molecule has 1 aromatic rings. The molecule has 1 fully saturated rings. The zero-order valence-corrected chi connectivity index (χ0v) is 14.6. The summed E-state index contributed by atoms with van der Waals surface area (Å²) >= 11 is 1.42. The number of nitrogens with zero attached hydrogens (tertiary/aromatic N) is 2. The number of rotatable bonds is 7. The summed E-state index contributed by atoms with van der Waals surface area (Å²) in [6.45, 7) is 8.66. The molecule has 3 N–H and O–H groups in total. The first-order chi connectivity index (χ1) is 10.3. The molecule has 0 spiro atoms. The Morgan fingerprint density at radius 2 is 2.18 bits per heavy atom. The fourth-order valence-corrected chi connectivity index (χ4v) is 3.54. The fraction of sp³-hybridized carbons (Fsp3) is 0.800. The summed E-state index contributed by atoms with van der Waals surface area (Å²) in [5.74, 6) is -0.202. The lowest BCUT2D eigenvalue weighted by Crippen LogP contribution is -2.74. The Kier molecular flexibility index (Phi) is 5.19. The van der Waals surface area contributed by atoms with Crippen LogP contribution in [-0.4, -0.2) is 34.4 Å². The summed E-state index contributed by atoms with van der Waals surface area (Å²) in [5, 5.41) is 12.4. The summed E-state index contributed by atoms with van der Waals surface area (Å²) in [6, 6.07) is 0. The predicted octanol–water partition coefficient (Wildman–Crippen LogP) is 2.35. The lowest BCUT2D eigenvalue weighted by atomic mass is 9.54. The maximum atomic E-state index is 12.6. The third-order valence-corrected chi connectivity index (χ3v) is 5.57. The molecule has 1 aliphatic rings. The molecule has 2 atom stereocenters. The number of hydrogen-bond acceptors (Lipinski definition) is 6. The number of hydrogen-bond donors (Lipinski definition) is 2. The van der Waals surface area contributed by atoms with E-state index in [1.165, 1.54) is 11.3 Å². The second-order valence-electron chi connectivity index (χ2n) is 6.40. The average molecular weight is 326 g/mol. The van der Waals surface area contributed by atoms with Crippen LogP contribution in [0.2, 0.25) is 0 Å². The van der Waals surface area contributed by atoms with Crippen LogP contribution in [0, 0.1) is 5.41 Å². The SMILES string of the molecule is CCCCc1nnc(NC(=O)C2(N)CC(OCC)C2(C)C)s1. The first-order valence-electron chi connectivity index (χ1n) is 7.89. The standard InChI is InChI=1S/C15H26N4O2S/c1-5-7-8-11-18-19-13(22-11)17-12(20)15(16)9-10(21-6-2)14(15,3)4/h10H,5-9,16H2,1-4H3,(H,17,19,20). The highest BCUT2D eigenvalue weighted by Gasteiger charge is 2.63. The molecule has 124 valence electrons. The van der Waals surface area contributed by atoms with Crippen LogP contribution in [0.4, 0.5) is 5.13 Å². The van der Waals surface area contributed by atoms with Gasteiger partial charge >= 0.3 is 0 Å². The van der Waals surface area contributed by atoms with Gasteiger partial charge in [0.05, 0.1) is 6.10 Å². The van der Waals surface area contributed by atoms with E-state index in [0.717, 1.165) is 24.3 Å². The lowest BCUT2D eigenvalue weighted by Gasteiger charge is -2.57. The van der Waals surface area contributed by atoms with Crippen molar-refractivity contribution in [1.82, 2.24) is 10.2 Å². The normalized spacial score (nSPS) is 26.5. The van der Waals surface area contributed by atoms with E-state index in [4.69, 9.17) is 10.5 Å². The Labute approximate surface area is 135 Å². The monoisotopic (exact) mass is 326 g/mol. The van der Waals surface area contributed by atoms with Gasteiger partial charge in [-0.1, -0.05) is 38.5 Å². The van der Waals surface area contributed by atoms with Crippen LogP contribution in [0.5, 0.6) is 0 Å². The number of aryl methyl sites for hydroxylation is 1. The molecule has 0 aliphatic heterocycles. The summed E-state index contributed by atoms with van der Waals surface area (Å²) in [5.41, 5.74) is 5.02. The van der Waals surface area contributed by atoms with Gasteiger partial charge in [-0.3, -0.25) is 10.1 Å². The van der Waals surface area contributed by atoms with Crippen LogP contribution in [-0.2, 0) is 16.0 Å². The van der Waals surface area contributed by atoms with Gasteiger partial charge in [0, 0.05) is 24.9 Å². The number of nitrogens with two attached hydrogens (primary N) is 1. The number of ether oxygens (including phenoxy) is 1. The van der Waals surface area contributed by atoms with Crippen LogP contribution < -0.4 is 11.1 Å². The second kappa shape index (κ2) is 6.60. The Hall–Kier alpha value is -1.05. The largest absolute Gasteiger partial charge is 0.378 e. The van der Waals surface area contributed by atoms with Gasteiger partial charge in [0.2, 0.25) is 11.0 Å². The van der Waals surface area contributed by atoms with Crippen LogP contribution in [0.25, 0.3) is 0 Å². The number of aromatic nitrogens is 2. The summed E-state index contributed by atoms with van der Waals surface area (Å²) in [6.07, 6.45) is 3.63. The minimum absolute atomic E-state index is 0.0165. The summed E-state index contributed by atoms with van der Waals surface area (Å²) in [7, 11) is 0. The highest BCUT2D eigenvalue weighted by atomic mass is 32.1. The van der Waals surface area contributed by atoms with Crippen molar-refractivity contribution < 1.29 is 9.53 Å². The molecular formula is C15H26N4O2S. The minimum atomic E-state index is -0.928. The van der Waals surface area contributed by atoms with Gasteiger partial charge in [-0.2, -0.15) is 0 Å². The highest BCUT2D eigenvalue weighted by molar-refractivity contribution is 7.15. The Balaban J connectivity index is 1.99. The van der Waals surface area contributed by atoms with E-state index in [1.807, 2.05) is 20.8 Å². The fourth-order valence-electron chi connectivity index (χ4n) is 2.76. The third kappa shape index (κ3) is 3.02. The first kappa shape index (κ1) is 17.3. The van der Waals surface area contributed by atoms with Crippen molar-refractivity contribution in [2.75, 3.05) is 11.9 Å². The van der Waals surface area contributed by atoms with Crippen LogP contribution in [0.1, 0.15) is 52.0 Å². The van der Waals surface area contributed by atoms with E-state index in [9.17, 15) is 4.79 Å². The lowest BCUT2D eigenvalue weighted by molar-refractivity contribution is -0.166. The molecule has 7 heteroatoms. The molecule has 0 aromatic carbocycles. The Bertz CT molecular complexity index is 531. The van der Waals surface area contributed by atoms with E-state index >= 15 is 0 Å². The molecule has 6 nitrogen and oxygen atoms in total. The molecule has 0 radical (unpaired) electrons. The van der Waals surface area contributed by atoms with Crippen molar-refractivity contribution in [3.63, 3.8) is 0 Å². The molecule has 2 unspecified atom stereocenters. The van der Waals surface area contributed by atoms with Crippen molar-refractivity contribution in [2.24, 2.45) is 11.1 Å². The van der Waals surface area contributed by atoms with Crippen molar-refractivity contribution >= 4 is 22.4 Å². The van der Waals surface area contributed by atoms with E-state index < -0.39 is 11.0 Å². The number of carbonyl (C=O) groups excluding carboxylic acids is 1. The molecule has 22 heavy (non-hydrogen) atoms. The molecule has 0 saturated heterocycles. The van der Waals surface area contributed by atoms with Crippen LogP contribution >= 0.6 is 11.3 Å². The molecule has 1 aromatic heterocycles. The van der Waals surface area contributed by atoms with Gasteiger partial charge in [0.1, 0.15) is 10.5 Å². The van der Waals surface area contributed by atoms with Crippen LogP contribution in [0.3, 0.4) is 0 Å². The zero-order valence-electron chi connectivity index (χ0n) is 13.8. The molecule has 1 amide bonds. The molecule has 1 saturated carbocycles. The maximum Gasteiger partial charge on any atom is 0.247 e. The van der Waals surface area contributed by atoms with Gasteiger partial charge < -0.3 is 10.5 Å². The van der Waals surface area contributed by atoms with E-state index in [-0.39, 0.29) is 12.0 Å². The predicted molar refractivity (Wildman–Crippen MR) is 87.9 cm³/mol. The van der Waals surface area contributed by atoms with E-state index in [0.29, 0.717) is 18.2 Å². The van der Waals surface area contributed by atoms with Gasteiger partial charge in [0.25, 0.3) is 0 Å². The third-order valence-electron chi connectivity index (χ3n) is 4.67. The molecule has 1 heterocycles. The van der Waals surface area contributed by atoms with Crippen molar-refractivity contribution in [2.45, 2.75) is 65.0 Å².